The minimum atomic E-state index is 0.583. The molecule has 0 saturated heterocycles. The smallest absolute Gasteiger partial charge is 0.226 e. The molecular formula is C23H25NO2. The van der Waals surface area contributed by atoms with Crippen LogP contribution in [0, 0.1) is 6.92 Å². The normalized spacial score (nSPS) is 11.2. The molecule has 2 aromatic carbocycles. The van der Waals surface area contributed by atoms with Crippen LogP contribution in [0.15, 0.2) is 71.2 Å². The highest BCUT2D eigenvalue weighted by molar-refractivity contribution is 5.53. The summed E-state index contributed by atoms with van der Waals surface area (Å²) in [4.78, 5) is 4.61. The van der Waals surface area contributed by atoms with Crippen molar-refractivity contribution in [2.24, 2.45) is 0 Å². The molecule has 0 aliphatic rings. The third-order valence-corrected chi connectivity index (χ3v) is 4.28. The van der Waals surface area contributed by atoms with E-state index in [9.17, 15) is 0 Å². The molecule has 3 rings (SSSR count). The predicted octanol–water partition coefficient (Wildman–Crippen LogP) is 5.78. The Bertz CT molecular complexity index is 832. The first-order valence-electron chi connectivity index (χ1n) is 9.11. The maximum absolute atomic E-state index is 5.86. The average molecular weight is 347 g/mol. The second-order valence-corrected chi connectivity index (χ2v) is 6.24. The number of rotatable bonds is 8. The average Bonchev–Trinajstić information content (AvgIpc) is 3.05. The molecule has 0 aliphatic heterocycles. The summed E-state index contributed by atoms with van der Waals surface area (Å²) in [5, 5.41) is 0. The van der Waals surface area contributed by atoms with Crippen molar-refractivity contribution in [3.05, 3.63) is 83.8 Å². The Morgan fingerprint density at radius 3 is 2.50 bits per heavy atom. The summed E-state index contributed by atoms with van der Waals surface area (Å²) in [7, 11) is 0. The van der Waals surface area contributed by atoms with E-state index in [1.54, 1.807) is 0 Å². The van der Waals surface area contributed by atoms with Gasteiger partial charge in [0.2, 0.25) is 5.89 Å². The predicted molar refractivity (Wildman–Crippen MR) is 105 cm³/mol. The fourth-order valence-corrected chi connectivity index (χ4v) is 2.80. The van der Waals surface area contributed by atoms with Crippen LogP contribution in [0.1, 0.15) is 30.4 Å². The first-order valence-corrected chi connectivity index (χ1v) is 9.11. The topological polar surface area (TPSA) is 35.3 Å². The molecule has 0 saturated carbocycles. The molecule has 3 nitrogen and oxygen atoms in total. The molecule has 0 spiro atoms. The lowest BCUT2D eigenvalue weighted by Gasteiger charge is -2.06. The molecule has 134 valence electrons. The van der Waals surface area contributed by atoms with Crippen LogP contribution in [0.2, 0.25) is 0 Å². The molecule has 3 heteroatoms. The van der Waals surface area contributed by atoms with E-state index in [0.29, 0.717) is 12.5 Å². The Kier molecular flexibility index (Phi) is 6.26. The SMILES string of the molecule is C/C=C/CCc1ccc(OCCc2nc(-c3ccccc3)oc2C)cc1. The Labute approximate surface area is 155 Å². The highest BCUT2D eigenvalue weighted by atomic mass is 16.5. The van der Waals surface area contributed by atoms with E-state index < -0.39 is 0 Å². The largest absolute Gasteiger partial charge is 0.493 e. The number of allylic oxidation sites excluding steroid dienone is 2. The van der Waals surface area contributed by atoms with Gasteiger partial charge in [0.15, 0.2) is 0 Å². The van der Waals surface area contributed by atoms with Gasteiger partial charge >= 0.3 is 0 Å². The van der Waals surface area contributed by atoms with Gasteiger partial charge in [-0.2, -0.15) is 0 Å². The van der Waals surface area contributed by atoms with E-state index >= 15 is 0 Å². The Morgan fingerprint density at radius 2 is 1.77 bits per heavy atom. The molecule has 0 radical (unpaired) electrons. The molecule has 1 aromatic heterocycles. The zero-order chi connectivity index (χ0) is 18.2. The molecule has 0 amide bonds. The molecule has 0 bridgehead atoms. The summed E-state index contributed by atoms with van der Waals surface area (Å²) >= 11 is 0. The molecule has 0 aliphatic carbocycles. The lowest BCUT2D eigenvalue weighted by Crippen LogP contribution is -2.02. The van der Waals surface area contributed by atoms with E-state index in [4.69, 9.17) is 9.15 Å². The number of nitrogens with zero attached hydrogens (tertiary/aromatic N) is 1. The van der Waals surface area contributed by atoms with Crippen molar-refractivity contribution in [3.63, 3.8) is 0 Å². The van der Waals surface area contributed by atoms with Gasteiger partial charge < -0.3 is 9.15 Å². The van der Waals surface area contributed by atoms with E-state index in [1.807, 2.05) is 49.4 Å². The number of ether oxygens (including phenoxy) is 1. The monoisotopic (exact) mass is 347 g/mol. The summed E-state index contributed by atoms with van der Waals surface area (Å²) < 4.78 is 11.7. The number of hydrogen-bond acceptors (Lipinski definition) is 3. The van der Waals surface area contributed by atoms with Gasteiger partial charge in [0.25, 0.3) is 0 Å². The summed E-state index contributed by atoms with van der Waals surface area (Å²) in [6.45, 7) is 4.59. The summed E-state index contributed by atoms with van der Waals surface area (Å²) in [6, 6.07) is 18.3. The molecule has 0 N–H and O–H groups in total. The fourth-order valence-electron chi connectivity index (χ4n) is 2.80. The minimum Gasteiger partial charge on any atom is -0.493 e. The second kappa shape index (κ2) is 9.04. The highest BCUT2D eigenvalue weighted by Gasteiger charge is 2.11. The summed E-state index contributed by atoms with van der Waals surface area (Å²) in [6.07, 6.45) is 7.14. The van der Waals surface area contributed by atoms with Gasteiger partial charge in [-0.3, -0.25) is 0 Å². The first kappa shape index (κ1) is 18.0. The van der Waals surface area contributed by atoms with Gasteiger partial charge in [0.05, 0.1) is 12.3 Å². The maximum Gasteiger partial charge on any atom is 0.226 e. The lowest BCUT2D eigenvalue weighted by molar-refractivity contribution is 0.320. The standard InChI is InChI=1S/C23H25NO2/c1-3-4-6-9-19-12-14-21(15-13-19)25-17-16-22-18(2)26-23(24-22)20-10-7-5-8-11-20/h3-5,7-8,10-15H,6,9,16-17H2,1-2H3/b4-3+. The van der Waals surface area contributed by atoms with Crippen LogP contribution >= 0.6 is 0 Å². The molecule has 0 fully saturated rings. The van der Waals surface area contributed by atoms with Gasteiger partial charge in [0, 0.05) is 12.0 Å². The van der Waals surface area contributed by atoms with Crippen molar-refractivity contribution < 1.29 is 9.15 Å². The third-order valence-electron chi connectivity index (χ3n) is 4.28. The van der Waals surface area contributed by atoms with Gasteiger partial charge in [0.1, 0.15) is 11.5 Å². The van der Waals surface area contributed by atoms with Crippen LogP contribution < -0.4 is 4.74 Å². The summed E-state index contributed by atoms with van der Waals surface area (Å²) in [5.74, 6) is 2.42. The van der Waals surface area contributed by atoms with E-state index in [2.05, 4.69) is 36.2 Å². The quantitative estimate of drug-likeness (QED) is 0.484. The van der Waals surface area contributed by atoms with E-state index in [-0.39, 0.29) is 0 Å². The minimum absolute atomic E-state index is 0.583. The number of oxazole rings is 1. The first-order chi connectivity index (χ1) is 12.8. The van der Waals surface area contributed by atoms with Crippen LogP contribution in [-0.4, -0.2) is 11.6 Å². The van der Waals surface area contributed by atoms with Crippen LogP contribution in [0.5, 0.6) is 5.75 Å². The van der Waals surface area contributed by atoms with Crippen molar-refractivity contribution in [1.29, 1.82) is 0 Å². The molecular weight excluding hydrogens is 322 g/mol. The van der Waals surface area contributed by atoms with Gasteiger partial charge in [-0.1, -0.05) is 42.5 Å². The Hall–Kier alpha value is -2.81. The number of aryl methyl sites for hydroxylation is 2. The fraction of sp³-hybridized carbons (Fsp3) is 0.261. The Morgan fingerprint density at radius 1 is 1.00 bits per heavy atom. The molecule has 0 unspecified atom stereocenters. The maximum atomic E-state index is 5.86. The second-order valence-electron chi connectivity index (χ2n) is 6.24. The van der Waals surface area contributed by atoms with Crippen molar-refractivity contribution >= 4 is 0 Å². The molecule has 1 heterocycles. The van der Waals surface area contributed by atoms with Crippen LogP contribution in [0.4, 0.5) is 0 Å². The number of aromatic nitrogens is 1. The van der Waals surface area contributed by atoms with Crippen molar-refractivity contribution in [3.8, 4) is 17.2 Å². The number of hydrogen-bond donors (Lipinski definition) is 0. The zero-order valence-corrected chi connectivity index (χ0v) is 15.4. The van der Waals surface area contributed by atoms with Crippen LogP contribution in [-0.2, 0) is 12.8 Å². The summed E-state index contributed by atoms with van der Waals surface area (Å²) in [5.41, 5.74) is 3.28. The molecule has 3 aromatic rings. The van der Waals surface area contributed by atoms with E-state index in [1.165, 1.54) is 5.56 Å². The van der Waals surface area contributed by atoms with Crippen molar-refractivity contribution in [2.75, 3.05) is 6.61 Å². The van der Waals surface area contributed by atoms with Gasteiger partial charge in [-0.25, -0.2) is 4.98 Å². The van der Waals surface area contributed by atoms with Crippen molar-refractivity contribution in [2.45, 2.75) is 33.1 Å². The van der Waals surface area contributed by atoms with E-state index in [0.717, 1.165) is 42.0 Å². The molecule has 26 heavy (non-hydrogen) atoms. The van der Waals surface area contributed by atoms with Gasteiger partial charge in [-0.15, -0.1) is 0 Å². The van der Waals surface area contributed by atoms with Gasteiger partial charge in [-0.05, 0) is 56.5 Å². The molecule has 0 atom stereocenters. The highest BCUT2D eigenvalue weighted by Crippen LogP contribution is 2.22. The lowest BCUT2D eigenvalue weighted by atomic mass is 10.1. The number of benzene rings is 2. The van der Waals surface area contributed by atoms with Crippen LogP contribution in [0.25, 0.3) is 11.5 Å². The Balaban J connectivity index is 1.53. The van der Waals surface area contributed by atoms with Crippen molar-refractivity contribution in [1.82, 2.24) is 4.98 Å². The third kappa shape index (κ3) is 4.85. The zero-order valence-electron chi connectivity index (χ0n) is 15.4. The van der Waals surface area contributed by atoms with Crippen LogP contribution in [0.3, 0.4) is 0 Å².